The first-order valence-electron chi connectivity index (χ1n) is 3.57. The molecule has 0 bridgehead atoms. The van der Waals surface area contributed by atoms with Gasteiger partial charge in [0.2, 0.25) is 6.17 Å². The molecule has 13 heavy (non-hydrogen) atoms. The van der Waals surface area contributed by atoms with Gasteiger partial charge in [0.15, 0.2) is 0 Å². The molecular weight excluding hydrogens is 193 g/mol. The number of hydrogen-bond donors (Lipinski definition) is 3. The highest BCUT2D eigenvalue weighted by atomic mass is 19.3. The Morgan fingerprint density at radius 2 is 1.77 bits per heavy atom. The highest BCUT2D eigenvalue weighted by Gasteiger charge is 2.56. The Labute approximate surface area is 71.6 Å². The van der Waals surface area contributed by atoms with E-state index in [2.05, 4.69) is 4.74 Å². The molecule has 0 amide bonds. The topological polar surface area (TPSA) is 69.9 Å². The predicted octanol–water partition coefficient (Wildman–Crippen LogP) is -0.970. The first-order valence-corrected chi connectivity index (χ1v) is 3.57. The molecule has 1 aliphatic rings. The van der Waals surface area contributed by atoms with Crippen LogP contribution in [-0.2, 0) is 4.74 Å². The van der Waals surface area contributed by atoms with Crippen molar-refractivity contribution < 1.29 is 33.2 Å². The lowest BCUT2D eigenvalue weighted by Gasteiger charge is -2.38. The Kier molecular flexibility index (Phi) is 2.81. The smallest absolute Gasteiger partial charge is 0.390 e. The van der Waals surface area contributed by atoms with E-state index >= 15 is 0 Å². The fraction of sp³-hybridized carbons (Fsp3) is 1.00. The number of halogens is 3. The first kappa shape index (κ1) is 10.7. The second kappa shape index (κ2) is 3.41. The normalized spacial score (nSPS) is 44.8. The summed E-state index contributed by atoms with van der Waals surface area (Å²) in [6.45, 7) is -0.916. The van der Waals surface area contributed by atoms with Crippen molar-refractivity contribution in [2.45, 2.75) is 30.6 Å². The molecule has 7 heteroatoms. The fourth-order valence-corrected chi connectivity index (χ4v) is 1.07. The molecule has 0 radical (unpaired) electrons. The van der Waals surface area contributed by atoms with E-state index in [4.69, 9.17) is 15.3 Å². The van der Waals surface area contributed by atoms with Gasteiger partial charge in [-0.05, 0) is 0 Å². The van der Waals surface area contributed by atoms with E-state index in [1.54, 1.807) is 0 Å². The number of aliphatic hydroxyl groups excluding tert-OH is 3. The van der Waals surface area contributed by atoms with Crippen LogP contribution in [0.5, 0.6) is 0 Å². The van der Waals surface area contributed by atoms with Crippen LogP contribution in [0.2, 0.25) is 0 Å². The molecular formula is C6H9F3O4. The van der Waals surface area contributed by atoms with Gasteiger partial charge in [0, 0.05) is 0 Å². The molecule has 1 fully saturated rings. The monoisotopic (exact) mass is 202 g/mol. The van der Waals surface area contributed by atoms with Crippen molar-refractivity contribution in [2.75, 3.05) is 6.61 Å². The third-order valence-corrected chi connectivity index (χ3v) is 1.84. The Hall–Kier alpha value is -0.370. The molecule has 0 aromatic rings. The lowest BCUT2D eigenvalue weighted by Crippen LogP contribution is -2.60. The molecule has 1 aliphatic heterocycles. The van der Waals surface area contributed by atoms with E-state index in [0.717, 1.165) is 0 Å². The molecule has 1 saturated heterocycles. The Bertz CT molecular complexity index is 187. The number of hydrogen-bond acceptors (Lipinski definition) is 4. The van der Waals surface area contributed by atoms with Gasteiger partial charge in [-0.25, -0.2) is 4.39 Å². The van der Waals surface area contributed by atoms with Gasteiger partial charge in [0.05, 0.1) is 6.61 Å². The van der Waals surface area contributed by atoms with Crippen LogP contribution in [-0.4, -0.2) is 52.5 Å². The van der Waals surface area contributed by atoms with Gasteiger partial charge < -0.3 is 20.1 Å². The van der Waals surface area contributed by atoms with Crippen LogP contribution in [0.1, 0.15) is 0 Å². The molecule has 3 N–H and O–H groups in total. The maximum absolute atomic E-state index is 12.5. The van der Waals surface area contributed by atoms with Crippen molar-refractivity contribution in [3.05, 3.63) is 0 Å². The number of alkyl halides is 3. The van der Waals surface area contributed by atoms with E-state index in [0.29, 0.717) is 0 Å². The largest absolute Gasteiger partial charge is 0.394 e. The molecule has 4 atom stereocenters. The summed E-state index contributed by atoms with van der Waals surface area (Å²) >= 11 is 0. The minimum atomic E-state index is -4.17. The van der Waals surface area contributed by atoms with Crippen LogP contribution in [0.25, 0.3) is 0 Å². The predicted molar refractivity (Wildman–Crippen MR) is 33.8 cm³/mol. The van der Waals surface area contributed by atoms with Gasteiger partial charge in [0.1, 0.15) is 18.3 Å². The summed E-state index contributed by atoms with van der Waals surface area (Å²) in [5.74, 6) is 0. The summed E-state index contributed by atoms with van der Waals surface area (Å²) in [6.07, 6.45) is -12.9. The Balaban J connectivity index is 2.79. The molecule has 0 unspecified atom stereocenters. The standard InChI is InChI=1S/C6H9F3O4/c7-5-4(12)3(11)2(1-10)13-6(5,8)9/h2-5,10-12H,1H2/t2-,3-,4+,5-/m1/s1. The van der Waals surface area contributed by atoms with Gasteiger partial charge in [-0.3, -0.25) is 0 Å². The first-order chi connectivity index (χ1) is 5.90. The zero-order chi connectivity index (χ0) is 10.2. The quantitative estimate of drug-likeness (QED) is 0.511. The van der Waals surface area contributed by atoms with Crippen LogP contribution in [0.4, 0.5) is 13.2 Å². The second-order valence-electron chi connectivity index (χ2n) is 2.78. The third-order valence-electron chi connectivity index (χ3n) is 1.84. The second-order valence-corrected chi connectivity index (χ2v) is 2.78. The average molecular weight is 202 g/mol. The lowest BCUT2D eigenvalue weighted by atomic mass is 10.0. The highest BCUT2D eigenvalue weighted by molar-refractivity contribution is 4.91. The SMILES string of the molecule is OC[C@H]1OC(F)(F)[C@H](F)[C@@H](O)[C@@H]1O. The van der Waals surface area contributed by atoms with Crippen LogP contribution in [0, 0.1) is 0 Å². The number of aliphatic hydroxyl groups is 3. The Morgan fingerprint density at radius 3 is 2.23 bits per heavy atom. The van der Waals surface area contributed by atoms with Crippen LogP contribution in [0.3, 0.4) is 0 Å². The summed E-state index contributed by atoms with van der Waals surface area (Å²) < 4.78 is 41.3. The van der Waals surface area contributed by atoms with Gasteiger partial charge in [-0.1, -0.05) is 0 Å². The number of ether oxygens (including phenoxy) is 1. The molecule has 0 spiro atoms. The maximum Gasteiger partial charge on any atom is 0.390 e. The summed E-state index contributed by atoms with van der Waals surface area (Å²) in [5.41, 5.74) is 0. The Morgan fingerprint density at radius 1 is 1.23 bits per heavy atom. The molecule has 78 valence electrons. The van der Waals surface area contributed by atoms with Gasteiger partial charge >= 0.3 is 6.11 Å². The van der Waals surface area contributed by atoms with E-state index in [1.165, 1.54) is 0 Å². The molecule has 4 nitrogen and oxygen atoms in total. The molecule has 0 aliphatic carbocycles. The minimum absolute atomic E-state index is 0.916. The van der Waals surface area contributed by atoms with Crippen molar-refractivity contribution in [3.63, 3.8) is 0 Å². The maximum atomic E-state index is 12.5. The van der Waals surface area contributed by atoms with Crippen molar-refractivity contribution in [1.29, 1.82) is 0 Å². The van der Waals surface area contributed by atoms with E-state index in [9.17, 15) is 13.2 Å². The van der Waals surface area contributed by atoms with Gasteiger partial charge in [-0.15, -0.1) is 0 Å². The molecule has 0 aromatic heterocycles. The fourth-order valence-electron chi connectivity index (χ4n) is 1.07. The molecule has 0 saturated carbocycles. The van der Waals surface area contributed by atoms with Crippen molar-refractivity contribution in [1.82, 2.24) is 0 Å². The van der Waals surface area contributed by atoms with Crippen molar-refractivity contribution in [2.24, 2.45) is 0 Å². The minimum Gasteiger partial charge on any atom is -0.394 e. The summed E-state index contributed by atoms with van der Waals surface area (Å²) in [4.78, 5) is 0. The van der Waals surface area contributed by atoms with Crippen molar-refractivity contribution >= 4 is 0 Å². The van der Waals surface area contributed by atoms with Crippen molar-refractivity contribution in [3.8, 4) is 0 Å². The van der Waals surface area contributed by atoms with Crippen LogP contribution < -0.4 is 0 Å². The summed E-state index contributed by atoms with van der Waals surface area (Å²) in [7, 11) is 0. The highest BCUT2D eigenvalue weighted by Crippen LogP contribution is 2.34. The van der Waals surface area contributed by atoms with Gasteiger partial charge in [0.25, 0.3) is 0 Å². The van der Waals surface area contributed by atoms with Crippen LogP contribution >= 0.6 is 0 Å². The molecule has 0 aromatic carbocycles. The summed E-state index contributed by atoms with van der Waals surface area (Å²) in [6, 6.07) is 0. The summed E-state index contributed by atoms with van der Waals surface area (Å²) in [5, 5.41) is 26.2. The molecule has 1 rings (SSSR count). The van der Waals surface area contributed by atoms with E-state index in [-0.39, 0.29) is 0 Å². The lowest BCUT2D eigenvalue weighted by molar-refractivity contribution is -0.359. The van der Waals surface area contributed by atoms with E-state index < -0.39 is 37.2 Å². The van der Waals surface area contributed by atoms with E-state index in [1.807, 2.05) is 0 Å². The average Bonchev–Trinajstić information content (AvgIpc) is 2.08. The zero-order valence-electron chi connectivity index (χ0n) is 6.40. The number of rotatable bonds is 1. The third kappa shape index (κ3) is 1.78. The zero-order valence-corrected chi connectivity index (χ0v) is 6.40. The van der Waals surface area contributed by atoms with Gasteiger partial charge in [-0.2, -0.15) is 8.78 Å². The molecule has 1 heterocycles. The van der Waals surface area contributed by atoms with Crippen LogP contribution in [0.15, 0.2) is 0 Å².